The topological polar surface area (TPSA) is 113 Å². The molecule has 2 aromatic carbocycles. The van der Waals surface area contributed by atoms with Crippen LogP contribution >= 0.6 is 0 Å². The molecule has 0 heterocycles. The van der Waals surface area contributed by atoms with Gasteiger partial charge in [-0.1, -0.05) is 39.0 Å². The number of amides is 2. The van der Waals surface area contributed by atoms with Crippen LogP contribution in [0.5, 0.6) is 17.2 Å². The van der Waals surface area contributed by atoms with E-state index in [1.165, 1.54) is 57.6 Å². The Morgan fingerprint density at radius 2 is 1.55 bits per heavy atom. The van der Waals surface area contributed by atoms with Crippen LogP contribution in [0.15, 0.2) is 36.4 Å². The molecule has 0 saturated heterocycles. The summed E-state index contributed by atoms with van der Waals surface area (Å²) in [7, 11) is 6.10. The Morgan fingerprint density at radius 3 is 2.17 bits per heavy atom. The highest BCUT2D eigenvalue weighted by molar-refractivity contribution is 6.06. The first kappa shape index (κ1) is 34.2. The third kappa shape index (κ3) is 10.4. The van der Waals surface area contributed by atoms with E-state index in [4.69, 9.17) is 23.7 Å². The largest absolute Gasteiger partial charge is 0.493 e. The quantitative estimate of drug-likeness (QED) is 0.131. The van der Waals surface area contributed by atoms with Crippen molar-refractivity contribution in [2.75, 3.05) is 58.4 Å². The summed E-state index contributed by atoms with van der Waals surface area (Å²) in [6, 6.07) is 8.09. The van der Waals surface area contributed by atoms with Gasteiger partial charge in [-0.25, -0.2) is 4.79 Å². The van der Waals surface area contributed by atoms with E-state index in [-0.39, 0.29) is 24.7 Å². The minimum atomic E-state index is -0.569. The predicted molar refractivity (Wildman–Crippen MR) is 164 cm³/mol. The molecule has 0 fully saturated rings. The highest BCUT2D eigenvalue weighted by Crippen LogP contribution is 2.38. The van der Waals surface area contributed by atoms with E-state index in [2.05, 4.69) is 12.2 Å². The van der Waals surface area contributed by atoms with Gasteiger partial charge in [0.25, 0.3) is 5.91 Å². The molecule has 0 aromatic heterocycles. The second-order valence-electron chi connectivity index (χ2n) is 9.51. The number of hydrogen-bond acceptors (Lipinski definition) is 8. The summed E-state index contributed by atoms with van der Waals surface area (Å²) in [5.74, 6) is 0.0503. The van der Waals surface area contributed by atoms with Gasteiger partial charge >= 0.3 is 5.97 Å². The number of ether oxygens (including phenoxy) is 5. The van der Waals surface area contributed by atoms with Crippen molar-refractivity contribution in [2.45, 2.75) is 52.4 Å². The molecule has 10 heteroatoms. The summed E-state index contributed by atoms with van der Waals surface area (Å²) in [4.78, 5) is 39.6. The van der Waals surface area contributed by atoms with Crippen LogP contribution in [-0.2, 0) is 19.1 Å². The number of esters is 1. The Morgan fingerprint density at radius 1 is 0.881 bits per heavy atom. The van der Waals surface area contributed by atoms with Gasteiger partial charge in [-0.2, -0.15) is 0 Å². The number of rotatable bonds is 18. The molecule has 0 aliphatic rings. The second kappa shape index (κ2) is 18.4. The maximum atomic E-state index is 12.9. The standard InChI is InChI=1S/C32H44N2O8/c1-7-9-10-11-12-13-18-41-22-30(36)34(3)26-21-24(15-16-25(26)32(37)42-8-2)33-29(35)17-14-23-19-27(38-4)31(40-6)28(20-23)39-5/h14-17,19-21H,7-13,18,22H2,1-6H3,(H,33,35)/b17-14+. The lowest BCUT2D eigenvalue weighted by Gasteiger charge is -2.21. The van der Waals surface area contributed by atoms with E-state index in [9.17, 15) is 14.4 Å². The van der Waals surface area contributed by atoms with Gasteiger partial charge in [-0.05, 0) is 55.3 Å². The summed E-state index contributed by atoms with van der Waals surface area (Å²) in [6.45, 7) is 4.44. The van der Waals surface area contributed by atoms with Gasteiger partial charge in [0, 0.05) is 25.4 Å². The number of carbonyl (C=O) groups excluding carboxylic acids is 3. The zero-order valence-electron chi connectivity index (χ0n) is 25.6. The number of anilines is 2. The SMILES string of the molecule is CCCCCCCCOCC(=O)N(C)c1cc(NC(=O)/C=C/c2cc(OC)c(OC)c(OC)c2)ccc1C(=O)OCC. The zero-order valence-corrected chi connectivity index (χ0v) is 25.6. The zero-order chi connectivity index (χ0) is 30.9. The number of likely N-dealkylation sites (N-methyl/N-ethyl adjacent to an activating group) is 1. The first-order valence-electron chi connectivity index (χ1n) is 14.2. The van der Waals surface area contributed by atoms with Gasteiger partial charge in [-0.15, -0.1) is 0 Å². The molecular weight excluding hydrogens is 540 g/mol. The Balaban J connectivity index is 2.13. The van der Waals surface area contributed by atoms with Crippen molar-refractivity contribution < 1.29 is 38.1 Å². The molecule has 0 atom stereocenters. The summed E-state index contributed by atoms with van der Waals surface area (Å²) in [5.41, 5.74) is 1.55. The van der Waals surface area contributed by atoms with E-state index in [0.29, 0.717) is 40.8 Å². The summed E-state index contributed by atoms with van der Waals surface area (Å²) < 4.78 is 26.8. The van der Waals surface area contributed by atoms with E-state index in [1.54, 1.807) is 44.3 Å². The molecule has 0 aliphatic carbocycles. The first-order valence-corrected chi connectivity index (χ1v) is 14.2. The molecular formula is C32H44N2O8. The fourth-order valence-electron chi connectivity index (χ4n) is 4.20. The lowest BCUT2D eigenvalue weighted by atomic mass is 10.1. The van der Waals surface area contributed by atoms with Crippen LogP contribution in [0.1, 0.15) is 68.3 Å². The summed E-state index contributed by atoms with van der Waals surface area (Å²) in [6.07, 6.45) is 9.70. The van der Waals surface area contributed by atoms with Crippen molar-refractivity contribution in [3.63, 3.8) is 0 Å². The van der Waals surface area contributed by atoms with Crippen LogP contribution in [0.4, 0.5) is 11.4 Å². The van der Waals surface area contributed by atoms with Crippen molar-refractivity contribution in [1.82, 2.24) is 0 Å². The molecule has 0 saturated carbocycles. The number of benzene rings is 2. The summed E-state index contributed by atoms with van der Waals surface area (Å²) >= 11 is 0. The van der Waals surface area contributed by atoms with E-state index in [0.717, 1.165) is 19.3 Å². The molecule has 2 rings (SSSR count). The van der Waals surface area contributed by atoms with Gasteiger partial charge in [0.05, 0.1) is 39.2 Å². The molecule has 0 radical (unpaired) electrons. The lowest BCUT2D eigenvalue weighted by Crippen LogP contribution is -2.32. The molecule has 0 bridgehead atoms. The van der Waals surface area contributed by atoms with Gasteiger partial charge in [-0.3, -0.25) is 9.59 Å². The molecule has 0 spiro atoms. The van der Waals surface area contributed by atoms with Crippen LogP contribution < -0.4 is 24.4 Å². The van der Waals surface area contributed by atoms with Gasteiger partial charge in [0.1, 0.15) is 6.61 Å². The predicted octanol–water partition coefficient (Wildman–Crippen LogP) is 5.88. The van der Waals surface area contributed by atoms with Gasteiger partial charge in [0.15, 0.2) is 11.5 Å². The third-order valence-corrected chi connectivity index (χ3v) is 6.48. The Hall–Kier alpha value is -4.05. The number of hydrogen-bond donors (Lipinski definition) is 1. The lowest BCUT2D eigenvalue weighted by molar-refractivity contribution is -0.122. The monoisotopic (exact) mass is 584 g/mol. The van der Waals surface area contributed by atoms with Crippen molar-refractivity contribution in [3.05, 3.63) is 47.5 Å². The van der Waals surface area contributed by atoms with E-state index in [1.807, 2.05) is 0 Å². The normalized spacial score (nSPS) is 10.8. The van der Waals surface area contributed by atoms with E-state index >= 15 is 0 Å². The van der Waals surface area contributed by atoms with Crippen molar-refractivity contribution >= 4 is 35.2 Å². The van der Waals surface area contributed by atoms with Gasteiger partial charge < -0.3 is 33.9 Å². The Kier molecular flexibility index (Phi) is 15.0. The Bertz CT molecular complexity index is 1190. The molecule has 0 aliphatic heterocycles. The molecule has 42 heavy (non-hydrogen) atoms. The third-order valence-electron chi connectivity index (χ3n) is 6.48. The fraction of sp³-hybridized carbons (Fsp3) is 0.469. The number of methoxy groups -OCH3 is 3. The maximum Gasteiger partial charge on any atom is 0.340 e. The van der Waals surface area contributed by atoms with Crippen LogP contribution in [0.2, 0.25) is 0 Å². The Labute approximate surface area is 248 Å². The molecule has 2 aromatic rings. The van der Waals surface area contributed by atoms with Crippen LogP contribution in [0.25, 0.3) is 6.08 Å². The molecule has 2 amide bonds. The number of nitrogens with zero attached hydrogens (tertiary/aromatic N) is 1. The van der Waals surface area contributed by atoms with Crippen LogP contribution in [0, 0.1) is 0 Å². The first-order chi connectivity index (χ1) is 20.3. The van der Waals surface area contributed by atoms with Gasteiger partial charge in [0.2, 0.25) is 11.7 Å². The van der Waals surface area contributed by atoms with Crippen molar-refractivity contribution in [3.8, 4) is 17.2 Å². The fourth-order valence-corrected chi connectivity index (χ4v) is 4.20. The molecule has 10 nitrogen and oxygen atoms in total. The average Bonchev–Trinajstić information content (AvgIpc) is 3.00. The minimum Gasteiger partial charge on any atom is -0.493 e. The highest BCUT2D eigenvalue weighted by atomic mass is 16.5. The second-order valence-corrected chi connectivity index (χ2v) is 9.51. The minimum absolute atomic E-state index is 0.123. The van der Waals surface area contributed by atoms with Crippen molar-refractivity contribution in [1.29, 1.82) is 0 Å². The van der Waals surface area contributed by atoms with Crippen LogP contribution in [0.3, 0.4) is 0 Å². The summed E-state index contributed by atoms with van der Waals surface area (Å²) in [5, 5.41) is 2.77. The smallest absolute Gasteiger partial charge is 0.340 e. The number of carbonyl (C=O) groups is 3. The van der Waals surface area contributed by atoms with Crippen molar-refractivity contribution in [2.24, 2.45) is 0 Å². The molecule has 1 N–H and O–H groups in total. The maximum absolute atomic E-state index is 12.9. The van der Waals surface area contributed by atoms with Crippen LogP contribution in [-0.4, -0.2) is 66.0 Å². The average molecular weight is 585 g/mol. The molecule has 0 unspecified atom stereocenters. The number of unbranched alkanes of at least 4 members (excludes halogenated alkanes) is 5. The highest BCUT2D eigenvalue weighted by Gasteiger charge is 2.21. The molecule has 230 valence electrons. The van der Waals surface area contributed by atoms with E-state index < -0.39 is 11.9 Å². The number of nitrogens with one attached hydrogen (secondary N) is 1.